The van der Waals surface area contributed by atoms with Crippen molar-refractivity contribution in [3.05, 3.63) is 77.4 Å². The second kappa shape index (κ2) is 8.18. The van der Waals surface area contributed by atoms with Gasteiger partial charge in [-0.25, -0.2) is 4.39 Å². The van der Waals surface area contributed by atoms with Gasteiger partial charge in [-0.15, -0.1) is 0 Å². The molecule has 1 amide bonds. The van der Waals surface area contributed by atoms with E-state index in [0.29, 0.717) is 48.5 Å². The molecule has 32 heavy (non-hydrogen) atoms. The molecule has 164 valence electrons. The van der Waals surface area contributed by atoms with Gasteiger partial charge in [-0.2, -0.15) is 0 Å². The number of aromatic nitrogens is 1. The summed E-state index contributed by atoms with van der Waals surface area (Å²) in [5, 5.41) is 7.75. The van der Waals surface area contributed by atoms with Crippen molar-refractivity contribution in [1.29, 1.82) is 5.41 Å². The van der Waals surface area contributed by atoms with E-state index in [9.17, 15) is 14.0 Å². The molecular weight excluding hydrogens is 411 g/mol. The maximum absolute atomic E-state index is 14.5. The average Bonchev–Trinajstić information content (AvgIpc) is 3.23. The number of carbonyl (C=O) groups is 2. The van der Waals surface area contributed by atoms with E-state index in [0.717, 1.165) is 0 Å². The highest BCUT2D eigenvalue weighted by Gasteiger charge is 2.27. The van der Waals surface area contributed by atoms with E-state index in [4.69, 9.17) is 16.9 Å². The number of piperazine rings is 1. The second-order valence-electron chi connectivity index (χ2n) is 7.64. The number of aromatic amines is 1. The highest BCUT2D eigenvalue weighted by molar-refractivity contribution is 6.18. The molecule has 0 spiro atoms. The van der Waals surface area contributed by atoms with E-state index in [2.05, 4.69) is 11.6 Å². The molecule has 1 aliphatic rings. The Morgan fingerprint density at radius 3 is 2.41 bits per heavy atom. The summed E-state index contributed by atoms with van der Waals surface area (Å²) in [4.78, 5) is 32.2. The van der Waals surface area contributed by atoms with Gasteiger partial charge >= 0.3 is 0 Å². The van der Waals surface area contributed by atoms with Gasteiger partial charge in [0.05, 0.1) is 16.8 Å². The number of H-pyrrole nitrogens is 1. The standard InChI is InChI=1S/C23H23FN6O2/c1-13(21(31)17-12-28-20-16(22(26)27)5-6-18(24)19(17)20)29-7-9-30(10-8-29)23(32)14-3-2-4-15(25)11-14/h2-6,11-12,28H,1,7-10,25H2,(H3,26,27). The summed E-state index contributed by atoms with van der Waals surface area (Å²) >= 11 is 0. The minimum atomic E-state index is -0.583. The van der Waals surface area contributed by atoms with Crippen LogP contribution in [0.25, 0.3) is 10.9 Å². The van der Waals surface area contributed by atoms with Crippen molar-refractivity contribution in [2.24, 2.45) is 5.73 Å². The molecule has 3 aromatic rings. The summed E-state index contributed by atoms with van der Waals surface area (Å²) in [6.07, 6.45) is 1.41. The van der Waals surface area contributed by atoms with E-state index in [1.807, 2.05) is 0 Å². The van der Waals surface area contributed by atoms with Crippen molar-refractivity contribution >= 4 is 34.1 Å². The highest BCUT2D eigenvalue weighted by atomic mass is 19.1. The van der Waals surface area contributed by atoms with Crippen molar-refractivity contribution < 1.29 is 14.0 Å². The first-order valence-electron chi connectivity index (χ1n) is 10.0. The second-order valence-corrected chi connectivity index (χ2v) is 7.64. The number of ketones is 1. The Bertz CT molecular complexity index is 1260. The van der Waals surface area contributed by atoms with Gasteiger partial charge in [-0.3, -0.25) is 15.0 Å². The van der Waals surface area contributed by atoms with Gasteiger partial charge in [-0.1, -0.05) is 12.6 Å². The van der Waals surface area contributed by atoms with E-state index in [1.165, 1.54) is 18.3 Å². The number of allylic oxidation sites excluding steroid dienone is 1. The summed E-state index contributed by atoms with van der Waals surface area (Å²) in [7, 11) is 0. The molecular formula is C23H23FN6O2. The van der Waals surface area contributed by atoms with Gasteiger partial charge in [0.15, 0.2) is 0 Å². The Labute approximate surface area is 183 Å². The maximum atomic E-state index is 14.5. The van der Waals surface area contributed by atoms with Crippen molar-refractivity contribution in [3.63, 3.8) is 0 Å². The molecule has 1 aliphatic heterocycles. The topological polar surface area (TPSA) is 132 Å². The first-order valence-corrected chi connectivity index (χ1v) is 10.0. The molecule has 0 saturated carbocycles. The first kappa shape index (κ1) is 21.1. The molecule has 1 fully saturated rings. The van der Waals surface area contributed by atoms with Gasteiger partial charge in [0.1, 0.15) is 11.7 Å². The predicted octanol–water partition coefficient (Wildman–Crippen LogP) is 2.33. The van der Waals surface area contributed by atoms with Gasteiger partial charge in [0, 0.05) is 54.6 Å². The van der Waals surface area contributed by atoms with Crippen LogP contribution in [-0.4, -0.2) is 58.5 Å². The molecule has 4 rings (SSSR count). The third kappa shape index (κ3) is 3.68. The summed E-state index contributed by atoms with van der Waals surface area (Å²) in [6.45, 7) is 5.59. The van der Waals surface area contributed by atoms with Crippen LogP contribution in [0.15, 0.2) is 54.9 Å². The van der Waals surface area contributed by atoms with Crippen LogP contribution in [0.3, 0.4) is 0 Å². The molecule has 9 heteroatoms. The van der Waals surface area contributed by atoms with Crippen molar-refractivity contribution in [2.75, 3.05) is 31.9 Å². The van der Waals surface area contributed by atoms with Crippen LogP contribution >= 0.6 is 0 Å². The van der Waals surface area contributed by atoms with Crippen molar-refractivity contribution in [1.82, 2.24) is 14.8 Å². The van der Waals surface area contributed by atoms with Crippen LogP contribution in [0.1, 0.15) is 26.3 Å². The molecule has 0 radical (unpaired) electrons. The van der Waals surface area contributed by atoms with Crippen LogP contribution < -0.4 is 11.5 Å². The number of hydrogen-bond donors (Lipinski definition) is 4. The smallest absolute Gasteiger partial charge is 0.254 e. The van der Waals surface area contributed by atoms with Crippen molar-refractivity contribution in [2.45, 2.75) is 0 Å². The third-order valence-electron chi connectivity index (χ3n) is 5.66. The number of nitrogens with zero attached hydrogens (tertiary/aromatic N) is 2. The Morgan fingerprint density at radius 2 is 1.75 bits per heavy atom. The van der Waals surface area contributed by atoms with Gasteiger partial charge < -0.3 is 26.3 Å². The number of carbonyl (C=O) groups excluding carboxylic acids is 2. The Kier molecular flexibility index (Phi) is 5.40. The lowest BCUT2D eigenvalue weighted by atomic mass is 10.0. The largest absolute Gasteiger partial charge is 0.399 e. The fourth-order valence-electron chi connectivity index (χ4n) is 3.94. The number of amides is 1. The molecule has 1 aromatic heterocycles. The normalized spacial score (nSPS) is 13.9. The number of anilines is 1. The molecule has 0 unspecified atom stereocenters. The SMILES string of the molecule is C=C(C(=O)c1c[nH]c2c(C(=N)N)ccc(F)c12)N1CCN(C(=O)c2cccc(N)c2)CC1. The minimum Gasteiger partial charge on any atom is -0.399 e. The Hall–Kier alpha value is -4.14. The summed E-state index contributed by atoms with van der Waals surface area (Å²) < 4.78 is 14.5. The van der Waals surface area contributed by atoms with E-state index >= 15 is 0 Å². The fourth-order valence-corrected chi connectivity index (χ4v) is 3.94. The first-order chi connectivity index (χ1) is 15.3. The summed E-state index contributed by atoms with van der Waals surface area (Å²) in [6, 6.07) is 9.39. The highest BCUT2D eigenvalue weighted by Crippen LogP contribution is 2.27. The zero-order valence-electron chi connectivity index (χ0n) is 17.3. The number of benzene rings is 2. The molecule has 1 saturated heterocycles. The molecule has 0 atom stereocenters. The van der Waals surface area contributed by atoms with E-state index < -0.39 is 11.6 Å². The average molecular weight is 434 g/mol. The number of fused-ring (bicyclic) bond motifs is 1. The minimum absolute atomic E-state index is 0.0827. The Morgan fingerprint density at radius 1 is 1.06 bits per heavy atom. The lowest BCUT2D eigenvalue weighted by Crippen LogP contribution is -2.48. The van der Waals surface area contributed by atoms with E-state index in [1.54, 1.807) is 34.1 Å². The van der Waals surface area contributed by atoms with Crippen molar-refractivity contribution in [3.8, 4) is 0 Å². The van der Waals surface area contributed by atoms with Crippen LogP contribution in [0, 0.1) is 11.2 Å². The van der Waals surface area contributed by atoms with Crippen LogP contribution in [-0.2, 0) is 0 Å². The number of Topliss-reactive ketones (excluding diaryl/α,β-unsaturated/α-hetero) is 1. The third-order valence-corrected chi connectivity index (χ3v) is 5.66. The van der Waals surface area contributed by atoms with E-state index in [-0.39, 0.29) is 28.4 Å². The molecule has 0 aliphatic carbocycles. The number of nitrogen functional groups attached to an aromatic ring is 2. The number of amidine groups is 1. The summed E-state index contributed by atoms with van der Waals surface area (Å²) in [5.41, 5.74) is 13.3. The predicted molar refractivity (Wildman–Crippen MR) is 121 cm³/mol. The number of halogens is 1. The number of nitrogens with one attached hydrogen (secondary N) is 2. The van der Waals surface area contributed by atoms with Crippen LogP contribution in [0.4, 0.5) is 10.1 Å². The molecule has 2 heterocycles. The molecule has 2 aromatic carbocycles. The maximum Gasteiger partial charge on any atom is 0.254 e. The van der Waals surface area contributed by atoms with Crippen LogP contribution in [0.5, 0.6) is 0 Å². The van der Waals surface area contributed by atoms with Gasteiger partial charge in [0.25, 0.3) is 5.91 Å². The van der Waals surface area contributed by atoms with Crippen LogP contribution in [0.2, 0.25) is 0 Å². The van der Waals surface area contributed by atoms with Gasteiger partial charge in [-0.05, 0) is 30.3 Å². The number of nitrogens with two attached hydrogens (primary N) is 2. The number of hydrogen-bond acceptors (Lipinski definition) is 5. The molecule has 0 bridgehead atoms. The molecule has 6 N–H and O–H groups in total. The Balaban J connectivity index is 1.49. The summed E-state index contributed by atoms with van der Waals surface area (Å²) in [5.74, 6) is -1.36. The van der Waals surface area contributed by atoms with Gasteiger partial charge in [0.2, 0.25) is 5.78 Å². The zero-order chi connectivity index (χ0) is 23.0. The fraction of sp³-hybridized carbons (Fsp3) is 0.174. The number of rotatable bonds is 5. The monoisotopic (exact) mass is 434 g/mol. The zero-order valence-corrected chi connectivity index (χ0v) is 17.3. The lowest BCUT2D eigenvalue weighted by Gasteiger charge is -2.36. The lowest BCUT2D eigenvalue weighted by molar-refractivity contribution is 0.0663. The molecule has 8 nitrogen and oxygen atoms in total. The quantitative estimate of drug-likeness (QED) is 0.161.